The predicted molar refractivity (Wildman–Crippen MR) is 329 cm³/mol. The monoisotopic (exact) mass is 1120 g/mol. The number of aliphatic hydroxyl groups is 5. The first-order valence-electron chi connectivity index (χ1n) is 34.1. The Morgan fingerprint density at radius 3 is 1.22 bits per heavy atom. The molecule has 1 fully saturated rings. The highest BCUT2D eigenvalue weighted by atomic mass is 16.7. The molecule has 1 aliphatic heterocycles. The van der Waals surface area contributed by atoms with Gasteiger partial charge in [-0.15, -0.1) is 0 Å². The molecule has 466 valence electrons. The number of allylic oxidation sites excluding steroid dienone is 3. The van der Waals surface area contributed by atoms with Crippen LogP contribution in [0.5, 0.6) is 0 Å². The minimum atomic E-state index is -1.57. The number of amides is 1. The lowest BCUT2D eigenvalue weighted by atomic mass is 9.99. The summed E-state index contributed by atoms with van der Waals surface area (Å²) in [6.07, 6.45) is 61.6. The fourth-order valence-electron chi connectivity index (χ4n) is 10.9. The molecule has 0 spiro atoms. The second-order valence-electron chi connectivity index (χ2n) is 23.9. The van der Waals surface area contributed by atoms with Gasteiger partial charge in [-0.25, -0.2) is 0 Å². The highest BCUT2D eigenvalue weighted by molar-refractivity contribution is 5.76. The number of rotatable bonds is 60. The van der Waals surface area contributed by atoms with Crippen molar-refractivity contribution in [3.05, 3.63) is 24.3 Å². The van der Waals surface area contributed by atoms with Gasteiger partial charge in [0.25, 0.3) is 0 Å². The number of hydrogen-bond acceptors (Lipinski definition) is 10. The van der Waals surface area contributed by atoms with Gasteiger partial charge in [0.05, 0.1) is 32.0 Å². The van der Waals surface area contributed by atoms with Gasteiger partial charge in [-0.1, -0.05) is 289 Å². The largest absolute Gasteiger partial charge is 0.466 e. The summed E-state index contributed by atoms with van der Waals surface area (Å²) in [4.78, 5) is 25.1. The van der Waals surface area contributed by atoms with E-state index in [2.05, 4.69) is 31.3 Å². The van der Waals surface area contributed by atoms with Gasteiger partial charge in [0.2, 0.25) is 5.91 Å². The molecule has 0 radical (unpaired) electrons. The van der Waals surface area contributed by atoms with Crippen LogP contribution in [-0.2, 0) is 23.8 Å². The highest BCUT2D eigenvalue weighted by Crippen LogP contribution is 2.23. The molecule has 0 aromatic rings. The van der Waals surface area contributed by atoms with Crippen LogP contribution in [0.1, 0.15) is 335 Å². The number of esters is 1. The standard InChI is InChI=1S/C68H129NO10/c1-3-5-7-9-11-13-15-35-38-42-46-50-54-61(71)60(59-78-68-67(76)66(75)65(74)62(58-70)79-68)69-63(72)55-51-47-43-39-36-32-30-28-26-24-22-20-18-16-17-19-21-23-25-27-29-31-33-37-41-45-49-53-57-77-64(73)56-52-48-44-40-34-14-12-10-8-6-4-2/h16-17,50,54,60-62,65-68,70-71,74-76H,3-15,18-49,51-53,55-59H2,1-2H3,(H,69,72)/b17-16-,54-50+. The van der Waals surface area contributed by atoms with Crippen LogP contribution in [-0.4, -0.2) is 100 Å². The molecule has 7 atom stereocenters. The zero-order valence-corrected chi connectivity index (χ0v) is 51.6. The van der Waals surface area contributed by atoms with Crippen molar-refractivity contribution in [2.45, 2.75) is 378 Å². The zero-order valence-electron chi connectivity index (χ0n) is 51.6. The topological polar surface area (TPSA) is 175 Å². The maximum atomic E-state index is 13.0. The number of carbonyl (C=O) groups is 2. The quantitative estimate of drug-likeness (QED) is 0.0195. The van der Waals surface area contributed by atoms with E-state index in [4.69, 9.17) is 14.2 Å². The molecule has 0 aromatic carbocycles. The summed E-state index contributed by atoms with van der Waals surface area (Å²) in [6.45, 7) is 4.36. The lowest BCUT2D eigenvalue weighted by Crippen LogP contribution is -2.60. The van der Waals surface area contributed by atoms with E-state index in [1.54, 1.807) is 6.08 Å². The molecule has 0 bridgehead atoms. The van der Waals surface area contributed by atoms with Crippen LogP contribution in [0, 0.1) is 0 Å². The smallest absolute Gasteiger partial charge is 0.305 e. The van der Waals surface area contributed by atoms with E-state index in [1.807, 2.05) is 6.08 Å². The Morgan fingerprint density at radius 2 is 0.810 bits per heavy atom. The first-order valence-corrected chi connectivity index (χ1v) is 34.1. The Hall–Kier alpha value is -1.86. The van der Waals surface area contributed by atoms with Crippen molar-refractivity contribution >= 4 is 11.9 Å². The van der Waals surface area contributed by atoms with Gasteiger partial charge in [0.1, 0.15) is 24.4 Å². The lowest BCUT2D eigenvalue weighted by molar-refractivity contribution is -0.302. The Kier molecular flexibility index (Phi) is 55.1. The first-order chi connectivity index (χ1) is 38.7. The molecule has 1 saturated heterocycles. The average Bonchev–Trinajstić information content (AvgIpc) is 3.48. The zero-order chi connectivity index (χ0) is 57.3. The number of ether oxygens (including phenoxy) is 3. The van der Waals surface area contributed by atoms with Crippen molar-refractivity contribution in [3.63, 3.8) is 0 Å². The normalized spacial score (nSPS) is 18.5. The Morgan fingerprint density at radius 1 is 0.456 bits per heavy atom. The molecule has 11 nitrogen and oxygen atoms in total. The second-order valence-corrected chi connectivity index (χ2v) is 23.9. The van der Waals surface area contributed by atoms with E-state index >= 15 is 0 Å². The molecule has 0 aromatic heterocycles. The molecule has 79 heavy (non-hydrogen) atoms. The number of hydrogen-bond donors (Lipinski definition) is 6. The third kappa shape index (κ3) is 47.2. The molecule has 0 aliphatic carbocycles. The first kappa shape index (κ1) is 75.2. The molecular formula is C68H129NO10. The van der Waals surface area contributed by atoms with Gasteiger partial charge >= 0.3 is 5.97 Å². The van der Waals surface area contributed by atoms with Crippen LogP contribution in [0.2, 0.25) is 0 Å². The second kappa shape index (κ2) is 57.9. The molecule has 0 saturated carbocycles. The molecule has 1 amide bonds. The van der Waals surface area contributed by atoms with Crippen molar-refractivity contribution in [2.24, 2.45) is 0 Å². The van der Waals surface area contributed by atoms with Gasteiger partial charge in [-0.05, 0) is 57.8 Å². The van der Waals surface area contributed by atoms with Crippen LogP contribution >= 0.6 is 0 Å². The van der Waals surface area contributed by atoms with Gasteiger partial charge in [0.15, 0.2) is 6.29 Å². The van der Waals surface area contributed by atoms with Crippen LogP contribution in [0.4, 0.5) is 0 Å². The third-order valence-electron chi connectivity index (χ3n) is 16.3. The van der Waals surface area contributed by atoms with E-state index in [0.717, 1.165) is 57.8 Å². The van der Waals surface area contributed by atoms with Crippen LogP contribution < -0.4 is 5.32 Å². The highest BCUT2D eigenvalue weighted by Gasteiger charge is 2.44. The SMILES string of the molecule is CCCCCCCCCCCC/C=C/C(O)C(COC1OC(CO)C(O)C(O)C1O)NC(=O)CCCCCCCCCCCCCC/C=C\CCCCCCCCCCCCCCOC(=O)CCCCCCCCCCCCC. The summed E-state index contributed by atoms with van der Waals surface area (Å²) in [5.74, 6) is -0.174. The van der Waals surface area contributed by atoms with Crippen molar-refractivity contribution in [3.8, 4) is 0 Å². The summed E-state index contributed by atoms with van der Waals surface area (Å²) < 4.78 is 16.7. The third-order valence-corrected chi connectivity index (χ3v) is 16.3. The van der Waals surface area contributed by atoms with E-state index in [0.29, 0.717) is 19.4 Å². The summed E-state index contributed by atoms with van der Waals surface area (Å²) in [6, 6.07) is -0.809. The van der Waals surface area contributed by atoms with E-state index in [-0.39, 0.29) is 18.5 Å². The maximum absolute atomic E-state index is 13.0. The molecule has 1 heterocycles. The molecule has 1 rings (SSSR count). The van der Waals surface area contributed by atoms with Gasteiger partial charge < -0.3 is 45.1 Å². The summed E-state index contributed by atoms with van der Waals surface area (Å²) >= 11 is 0. The summed E-state index contributed by atoms with van der Waals surface area (Å²) in [5.41, 5.74) is 0. The Bertz CT molecular complexity index is 1360. The maximum Gasteiger partial charge on any atom is 0.305 e. The lowest BCUT2D eigenvalue weighted by Gasteiger charge is -2.40. The number of aliphatic hydroxyl groups excluding tert-OH is 5. The van der Waals surface area contributed by atoms with Crippen LogP contribution in [0.25, 0.3) is 0 Å². The Balaban J connectivity index is 1.99. The van der Waals surface area contributed by atoms with Crippen LogP contribution in [0.15, 0.2) is 24.3 Å². The summed E-state index contributed by atoms with van der Waals surface area (Å²) in [7, 11) is 0. The number of carbonyl (C=O) groups excluding carboxylic acids is 2. The van der Waals surface area contributed by atoms with Crippen molar-refractivity contribution in [2.75, 3.05) is 19.8 Å². The van der Waals surface area contributed by atoms with Crippen molar-refractivity contribution in [1.82, 2.24) is 5.32 Å². The van der Waals surface area contributed by atoms with Crippen molar-refractivity contribution in [1.29, 1.82) is 0 Å². The minimum absolute atomic E-state index is 0.00680. The van der Waals surface area contributed by atoms with Crippen molar-refractivity contribution < 1.29 is 49.3 Å². The number of nitrogens with one attached hydrogen (secondary N) is 1. The minimum Gasteiger partial charge on any atom is -0.466 e. The van der Waals surface area contributed by atoms with Gasteiger partial charge in [0, 0.05) is 12.8 Å². The Labute approximate surface area is 486 Å². The molecule has 1 aliphatic rings. The molecule has 6 N–H and O–H groups in total. The van der Waals surface area contributed by atoms with Gasteiger partial charge in [-0.3, -0.25) is 9.59 Å². The number of unbranched alkanes of at least 4 members (excludes halogenated alkanes) is 44. The predicted octanol–water partition coefficient (Wildman–Crippen LogP) is 16.8. The van der Waals surface area contributed by atoms with E-state index < -0.39 is 49.5 Å². The fraction of sp³-hybridized carbons (Fsp3) is 0.912. The van der Waals surface area contributed by atoms with Crippen LogP contribution in [0.3, 0.4) is 0 Å². The van der Waals surface area contributed by atoms with E-state index in [9.17, 15) is 35.1 Å². The van der Waals surface area contributed by atoms with Gasteiger partial charge in [-0.2, -0.15) is 0 Å². The molecular weight excluding hydrogens is 991 g/mol. The molecule has 7 unspecified atom stereocenters. The average molecular weight is 1120 g/mol. The van der Waals surface area contributed by atoms with E-state index in [1.165, 1.54) is 250 Å². The fourth-order valence-corrected chi connectivity index (χ4v) is 10.9. The molecule has 11 heteroatoms. The summed E-state index contributed by atoms with van der Waals surface area (Å²) in [5, 5.41) is 54.4.